The predicted octanol–water partition coefficient (Wildman–Crippen LogP) is 1.12. The maximum atomic E-state index is 13.7. The lowest BCUT2D eigenvalue weighted by atomic mass is 10.2. The summed E-state index contributed by atoms with van der Waals surface area (Å²) in [6.07, 6.45) is 0.837. The number of hydrogen-bond acceptors (Lipinski definition) is 3. The van der Waals surface area contributed by atoms with Crippen LogP contribution in [0, 0.1) is 5.82 Å². The molecule has 1 fully saturated rings. The van der Waals surface area contributed by atoms with Crippen molar-refractivity contribution in [2.24, 2.45) is 0 Å². The smallest absolute Gasteiger partial charge is 0.217 e. The molecule has 0 saturated carbocycles. The van der Waals surface area contributed by atoms with Crippen molar-refractivity contribution in [1.29, 1.82) is 0 Å². The first-order valence-corrected chi connectivity index (χ1v) is 5.63. The van der Waals surface area contributed by atoms with E-state index in [2.05, 4.69) is 5.32 Å². The highest BCUT2D eigenvalue weighted by molar-refractivity contribution is 5.73. The van der Waals surface area contributed by atoms with E-state index in [1.807, 2.05) is 4.90 Å². The molecule has 17 heavy (non-hydrogen) atoms. The normalized spacial score (nSPS) is 19.4. The number of nitrogens with two attached hydrogens (primary N) is 1. The number of hydrogen-bond donors (Lipinski definition) is 2. The van der Waals surface area contributed by atoms with Crippen LogP contribution in [-0.2, 0) is 4.79 Å². The van der Waals surface area contributed by atoms with Gasteiger partial charge in [0, 0.05) is 31.7 Å². The first kappa shape index (κ1) is 11.7. The number of carbonyl (C=O) groups is 1. The molecule has 1 aliphatic heterocycles. The molecule has 0 bridgehead atoms. The standard InChI is InChI=1S/C12H16FN3O/c1-8(17)15-10-4-5-16(7-10)12-3-2-9(14)6-11(12)13/h2-3,6,10H,4-5,7,14H2,1H3,(H,15,17)/t10-/m1/s1. The summed E-state index contributed by atoms with van der Waals surface area (Å²) >= 11 is 0. The van der Waals surface area contributed by atoms with Crippen LogP contribution in [0.15, 0.2) is 18.2 Å². The average Bonchev–Trinajstić information content (AvgIpc) is 2.65. The highest BCUT2D eigenvalue weighted by Crippen LogP contribution is 2.25. The van der Waals surface area contributed by atoms with Crippen LogP contribution in [-0.4, -0.2) is 25.0 Å². The van der Waals surface area contributed by atoms with Crippen LogP contribution in [0.4, 0.5) is 15.8 Å². The molecule has 0 aliphatic carbocycles. The summed E-state index contributed by atoms with van der Waals surface area (Å²) in [7, 11) is 0. The van der Waals surface area contributed by atoms with E-state index in [-0.39, 0.29) is 17.8 Å². The number of nitrogens with one attached hydrogen (secondary N) is 1. The zero-order valence-electron chi connectivity index (χ0n) is 9.74. The molecule has 4 nitrogen and oxygen atoms in total. The molecule has 1 heterocycles. The van der Waals surface area contributed by atoms with Crippen LogP contribution in [0.5, 0.6) is 0 Å². The molecule has 1 aromatic rings. The number of nitrogens with zero attached hydrogens (tertiary/aromatic N) is 1. The van der Waals surface area contributed by atoms with Crippen LogP contribution in [0.1, 0.15) is 13.3 Å². The van der Waals surface area contributed by atoms with Gasteiger partial charge in [-0.05, 0) is 24.6 Å². The van der Waals surface area contributed by atoms with E-state index in [9.17, 15) is 9.18 Å². The second-order valence-corrected chi connectivity index (χ2v) is 4.34. The number of halogens is 1. The lowest BCUT2D eigenvalue weighted by Gasteiger charge is -2.19. The Labute approximate surface area is 99.6 Å². The lowest BCUT2D eigenvalue weighted by Crippen LogP contribution is -2.35. The molecule has 1 aromatic carbocycles. The first-order chi connectivity index (χ1) is 8.06. The summed E-state index contributed by atoms with van der Waals surface area (Å²) in [4.78, 5) is 12.9. The Hall–Kier alpha value is -1.78. The maximum absolute atomic E-state index is 13.7. The Morgan fingerprint density at radius 1 is 1.59 bits per heavy atom. The van der Waals surface area contributed by atoms with Crippen LogP contribution in [0.25, 0.3) is 0 Å². The molecule has 1 atom stereocenters. The van der Waals surface area contributed by atoms with E-state index in [1.165, 1.54) is 13.0 Å². The molecule has 92 valence electrons. The lowest BCUT2D eigenvalue weighted by molar-refractivity contribution is -0.119. The number of benzene rings is 1. The van der Waals surface area contributed by atoms with Gasteiger partial charge in [-0.25, -0.2) is 4.39 Å². The highest BCUT2D eigenvalue weighted by Gasteiger charge is 2.24. The molecule has 1 amide bonds. The van der Waals surface area contributed by atoms with E-state index in [0.29, 0.717) is 17.9 Å². The summed E-state index contributed by atoms with van der Waals surface area (Å²) < 4.78 is 13.7. The van der Waals surface area contributed by atoms with Crippen molar-refractivity contribution in [3.05, 3.63) is 24.0 Å². The van der Waals surface area contributed by atoms with Gasteiger partial charge >= 0.3 is 0 Å². The molecular formula is C12H16FN3O. The minimum absolute atomic E-state index is 0.0466. The van der Waals surface area contributed by atoms with Gasteiger partial charge in [0.1, 0.15) is 5.82 Å². The second-order valence-electron chi connectivity index (χ2n) is 4.34. The van der Waals surface area contributed by atoms with Gasteiger partial charge in [0.25, 0.3) is 0 Å². The monoisotopic (exact) mass is 237 g/mol. The number of nitrogen functional groups attached to an aromatic ring is 1. The van der Waals surface area contributed by atoms with Gasteiger partial charge in [-0.3, -0.25) is 4.79 Å². The maximum Gasteiger partial charge on any atom is 0.217 e. The second kappa shape index (κ2) is 4.61. The number of amides is 1. The molecule has 0 aromatic heterocycles. The zero-order valence-corrected chi connectivity index (χ0v) is 9.74. The molecular weight excluding hydrogens is 221 g/mol. The van der Waals surface area contributed by atoms with Crippen molar-refractivity contribution in [1.82, 2.24) is 5.32 Å². The first-order valence-electron chi connectivity index (χ1n) is 5.63. The molecule has 1 aliphatic rings. The zero-order chi connectivity index (χ0) is 12.4. The summed E-state index contributed by atoms with van der Waals surface area (Å²) in [6, 6.07) is 4.79. The molecule has 0 radical (unpaired) electrons. The van der Waals surface area contributed by atoms with E-state index in [1.54, 1.807) is 12.1 Å². The number of rotatable bonds is 2. The highest BCUT2D eigenvalue weighted by atomic mass is 19.1. The van der Waals surface area contributed by atoms with Crippen molar-refractivity contribution in [3.8, 4) is 0 Å². The fourth-order valence-electron chi connectivity index (χ4n) is 2.16. The average molecular weight is 237 g/mol. The van der Waals surface area contributed by atoms with E-state index < -0.39 is 0 Å². The summed E-state index contributed by atoms with van der Waals surface area (Å²) in [5.74, 6) is -0.358. The SMILES string of the molecule is CC(=O)N[C@@H]1CCN(c2ccc(N)cc2F)C1. The van der Waals surface area contributed by atoms with Crippen LogP contribution in [0.3, 0.4) is 0 Å². The third-order valence-electron chi connectivity index (χ3n) is 2.91. The van der Waals surface area contributed by atoms with Crippen molar-refractivity contribution in [2.45, 2.75) is 19.4 Å². The minimum atomic E-state index is -0.312. The van der Waals surface area contributed by atoms with Crippen molar-refractivity contribution in [3.63, 3.8) is 0 Å². The van der Waals surface area contributed by atoms with Crippen molar-refractivity contribution >= 4 is 17.3 Å². The Morgan fingerprint density at radius 2 is 2.35 bits per heavy atom. The Morgan fingerprint density at radius 3 is 3.00 bits per heavy atom. The third-order valence-corrected chi connectivity index (χ3v) is 2.91. The quantitative estimate of drug-likeness (QED) is 0.758. The van der Waals surface area contributed by atoms with Crippen LogP contribution < -0.4 is 16.0 Å². The molecule has 0 unspecified atom stereocenters. The fraction of sp³-hybridized carbons (Fsp3) is 0.417. The van der Waals surface area contributed by atoms with Gasteiger partial charge in [0.2, 0.25) is 5.91 Å². The summed E-state index contributed by atoms with van der Waals surface area (Å²) in [5.41, 5.74) is 6.47. The van der Waals surface area contributed by atoms with Crippen molar-refractivity contribution < 1.29 is 9.18 Å². The van der Waals surface area contributed by atoms with Gasteiger partial charge in [0.05, 0.1) is 5.69 Å². The van der Waals surface area contributed by atoms with Crippen molar-refractivity contribution in [2.75, 3.05) is 23.7 Å². The largest absolute Gasteiger partial charge is 0.399 e. The predicted molar refractivity (Wildman–Crippen MR) is 65.2 cm³/mol. The minimum Gasteiger partial charge on any atom is -0.399 e. The van der Waals surface area contributed by atoms with Gasteiger partial charge in [-0.2, -0.15) is 0 Å². The van der Waals surface area contributed by atoms with Gasteiger partial charge in [-0.1, -0.05) is 0 Å². The molecule has 2 rings (SSSR count). The number of carbonyl (C=O) groups excluding carboxylic acids is 1. The third kappa shape index (κ3) is 2.67. The van der Waals surface area contributed by atoms with Gasteiger partial charge < -0.3 is 16.0 Å². The Balaban J connectivity index is 2.07. The molecule has 5 heteroatoms. The topological polar surface area (TPSA) is 58.4 Å². The Bertz CT molecular complexity index is 436. The van der Waals surface area contributed by atoms with Gasteiger partial charge in [0.15, 0.2) is 0 Å². The van der Waals surface area contributed by atoms with Gasteiger partial charge in [-0.15, -0.1) is 0 Å². The molecule has 1 saturated heterocycles. The van der Waals surface area contributed by atoms with Crippen LogP contribution >= 0.6 is 0 Å². The number of anilines is 2. The summed E-state index contributed by atoms with van der Waals surface area (Å²) in [6.45, 7) is 2.87. The van der Waals surface area contributed by atoms with E-state index >= 15 is 0 Å². The molecule has 0 spiro atoms. The van der Waals surface area contributed by atoms with Crippen LogP contribution in [0.2, 0.25) is 0 Å². The summed E-state index contributed by atoms with van der Waals surface area (Å²) in [5, 5.41) is 2.84. The van der Waals surface area contributed by atoms with E-state index in [0.717, 1.165) is 13.0 Å². The molecule has 3 N–H and O–H groups in total. The Kier molecular flexibility index (Phi) is 3.17. The fourth-order valence-corrected chi connectivity index (χ4v) is 2.16. The van der Waals surface area contributed by atoms with E-state index in [4.69, 9.17) is 5.73 Å².